The SMILES string of the molecule is CC(C)c1nc2c(c(-c3ccccc3)nn2C)c(-c2ccc(F)cc2)c1/C=C/[C@@H](O)C[C@@H](O)CC(=O)[O-].[Na+]. The van der Waals surface area contributed by atoms with Gasteiger partial charge in [0, 0.05) is 42.5 Å². The summed E-state index contributed by atoms with van der Waals surface area (Å²) in [5.41, 5.74) is 5.33. The minimum absolute atomic E-state index is 0. The van der Waals surface area contributed by atoms with Gasteiger partial charge in [0.15, 0.2) is 5.65 Å². The van der Waals surface area contributed by atoms with E-state index in [4.69, 9.17) is 10.1 Å². The summed E-state index contributed by atoms with van der Waals surface area (Å²) in [6.07, 6.45) is 0.179. The normalized spacial score (nSPS) is 13.1. The van der Waals surface area contributed by atoms with E-state index in [1.807, 2.05) is 51.2 Å². The van der Waals surface area contributed by atoms with Crippen LogP contribution in [0.5, 0.6) is 0 Å². The first-order valence-corrected chi connectivity index (χ1v) is 12.1. The topological polar surface area (TPSA) is 111 Å². The minimum atomic E-state index is -1.39. The second kappa shape index (κ2) is 12.8. The molecule has 2 aromatic carbocycles. The summed E-state index contributed by atoms with van der Waals surface area (Å²) in [4.78, 5) is 15.7. The zero-order valence-corrected chi connectivity index (χ0v) is 23.9. The first kappa shape index (κ1) is 29.7. The van der Waals surface area contributed by atoms with Gasteiger partial charge in [-0.3, -0.25) is 0 Å². The molecule has 2 aromatic heterocycles. The Hall–Kier alpha value is -2.88. The van der Waals surface area contributed by atoms with Crippen LogP contribution in [0.15, 0.2) is 60.7 Å². The molecule has 38 heavy (non-hydrogen) atoms. The average molecular weight is 526 g/mol. The molecule has 0 spiro atoms. The van der Waals surface area contributed by atoms with Gasteiger partial charge in [0.25, 0.3) is 0 Å². The molecule has 2 N–H and O–H groups in total. The summed E-state index contributed by atoms with van der Waals surface area (Å²) in [5.74, 6) is -1.75. The first-order chi connectivity index (χ1) is 17.7. The minimum Gasteiger partial charge on any atom is -0.550 e. The van der Waals surface area contributed by atoms with E-state index in [2.05, 4.69) is 0 Å². The summed E-state index contributed by atoms with van der Waals surface area (Å²) in [6, 6.07) is 15.9. The number of fused-ring (bicyclic) bond motifs is 1. The van der Waals surface area contributed by atoms with Gasteiger partial charge in [-0.25, -0.2) is 14.1 Å². The number of nitrogens with zero attached hydrogens (tertiary/aromatic N) is 3. The van der Waals surface area contributed by atoms with Crippen LogP contribution in [0.1, 0.15) is 43.9 Å². The van der Waals surface area contributed by atoms with Crippen LogP contribution < -0.4 is 34.7 Å². The third-order valence-corrected chi connectivity index (χ3v) is 6.17. The van der Waals surface area contributed by atoms with Crippen molar-refractivity contribution in [3.63, 3.8) is 0 Å². The van der Waals surface area contributed by atoms with E-state index >= 15 is 0 Å². The molecule has 0 bridgehead atoms. The molecule has 4 aromatic rings. The number of rotatable bonds is 9. The fourth-order valence-corrected chi connectivity index (χ4v) is 4.47. The van der Waals surface area contributed by atoms with Gasteiger partial charge in [0.05, 0.1) is 23.3 Å². The number of aliphatic hydroxyl groups is 2. The molecular formula is C29H29FN3NaO4. The van der Waals surface area contributed by atoms with Gasteiger partial charge in [-0.05, 0) is 23.6 Å². The standard InChI is InChI=1S/C29H30FN3O4.Na/c1-17(2)27-23(14-13-21(34)15-22(35)16-24(36)37)25(18-9-11-20(30)12-10-18)26-28(19-7-5-4-6-8-19)32-33(3)29(26)31-27;/h4-14,17,21-22,34-35H,15-16H2,1-3H3,(H,36,37);/q;+1/p-1/b14-13+;/t21-,22-;/m1./s1. The van der Waals surface area contributed by atoms with Crippen LogP contribution in [0.4, 0.5) is 4.39 Å². The summed E-state index contributed by atoms with van der Waals surface area (Å²) in [5, 5.41) is 36.8. The number of hydrogen-bond acceptors (Lipinski definition) is 6. The van der Waals surface area contributed by atoms with Gasteiger partial charge in [0.2, 0.25) is 0 Å². The molecule has 4 rings (SSSR count). The van der Waals surface area contributed by atoms with E-state index in [-0.39, 0.29) is 47.7 Å². The molecule has 7 nitrogen and oxygen atoms in total. The van der Waals surface area contributed by atoms with Gasteiger partial charge >= 0.3 is 29.6 Å². The fraction of sp³-hybridized carbons (Fsp3) is 0.276. The van der Waals surface area contributed by atoms with Crippen molar-refractivity contribution in [3.8, 4) is 22.4 Å². The number of aliphatic carboxylic acids is 1. The van der Waals surface area contributed by atoms with Gasteiger partial charge < -0.3 is 20.1 Å². The van der Waals surface area contributed by atoms with Gasteiger partial charge in [0.1, 0.15) is 11.5 Å². The van der Waals surface area contributed by atoms with Crippen LogP contribution in [-0.4, -0.2) is 43.2 Å². The molecule has 2 heterocycles. The monoisotopic (exact) mass is 525 g/mol. The van der Waals surface area contributed by atoms with Crippen molar-refractivity contribution in [2.24, 2.45) is 7.05 Å². The number of aryl methyl sites for hydroxylation is 1. The van der Waals surface area contributed by atoms with Crippen molar-refractivity contribution in [3.05, 3.63) is 77.7 Å². The van der Waals surface area contributed by atoms with Crippen LogP contribution in [0, 0.1) is 5.82 Å². The van der Waals surface area contributed by atoms with Crippen molar-refractivity contribution >= 4 is 23.1 Å². The van der Waals surface area contributed by atoms with Crippen molar-refractivity contribution in [2.45, 2.75) is 44.8 Å². The molecule has 0 saturated heterocycles. The van der Waals surface area contributed by atoms with Crippen LogP contribution in [-0.2, 0) is 11.8 Å². The molecular weight excluding hydrogens is 496 g/mol. The number of carboxylic acids is 1. The predicted molar refractivity (Wildman–Crippen MR) is 139 cm³/mol. The quantitative estimate of drug-likeness (QED) is 0.313. The van der Waals surface area contributed by atoms with Crippen LogP contribution in [0.25, 0.3) is 39.5 Å². The largest absolute Gasteiger partial charge is 1.00 e. The van der Waals surface area contributed by atoms with Crippen molar-refractivity contribution in [2.75, 3.05) is 0 Å². The number of aromatic nitrogens is 3. The van der Waals surface area contributed by atoms with Crippen LogP contribution in [0.2, 0.25) is 0 Å². The zero-order valence-electron chi connectivity index (χ0n) is 21.9. The summed E-state index contributed by atoms with van der Waals surface area (Å²) >= 11 is 0. The maximum Gasteiger partial charge on any atom is 1.00 e. The molecule has 9 heteroatoms. The van der Waals surface area contributed by atoms with Gasteiger partial charge in [-0.2, -0.15) is 5.10 Å². The maximum atomic E-state index is 13.9. The number of carboxylic acid groups (broad SMARTS) is 1. The fourth-order valence-electron chi connectivity index (χ4n) is 4.47. The van der Waals surface area contributed by atoms with Crippen molar-refractivity contribution in [1.29, 1.82) is 0 Å². The van der Waals surface area contributed by atoms with E-state index in [0.717, 1.165) is 39.0 Å². The van der Waals surface area contributed by atoms with Gasteiger partial charge in [-0.15, -0.1) is 0 Å². The zero-order chi connectivity index (χ0) is 26.7. The number of aliphatic hydroxyl groups excluding tert-OH is 2. The second-order valence-electron chi connectivity index (χ2n) is 9.38. The molecule has 192 valence electrons. The smallest absolute Gasteiger partial charge is 0.550 e. The molecule has 0 fully saturated rings. The first-order valence-electron chi connectivity index (χ1n) is 12.1. The van der Waals surface area contributed by atoms with Gasteiger partial charge in [-0.1, -0.05) is 68.5 Å². The molecule has 0 aliphatic carbocycles. The Morgan fingerprint density at radius 1 is 1.08 bits per heavy atom. The van der Waals surface area contributed by atoms with E-state index in [1.54, 1.807) is 22.9 Å². The van der Waals surface area contributed by atoms with E-state index < -0.39 is 24.6 Å². The Bertz CT molecular complexity index is 1440. The third-order valence-electron chi connectivity index (χ3n) is 6.17. The maximum absolute atomic E-state index is 13.9. The number of benzene rings is 2. The molecule has 0 unspecified atom stereocenters. The molecule has 0 aliphatic rings. The number of hydrogen-bond donors (Lipinski definition) is 2. The number of carbonyl (C=O) groups is 1. The summed E-state index contributed by atoms with van der Waals surface area (Å²) < 4.78 is 15.6. The Morgan fingerprint density at radius 2 is 1.74 bits per heavy atom. The second-order valence-corrected chi connectivity index (χ2v) is 9.38. The van der Waals surface area contributed by atoms with Crippen molar-refractivity contribution < 1.29 is 54.1 Å². The summed E-state index contributed by atoms with van der Waals surface area (Å²) in [6.45, 7) is 4.02. The number of halogens is 1. The van der Waals surface area contributed by atoms with Crippen LogP contribution in [0.3, 0.4) is 0 Å². The molecule has 0 amide bonds. The third kappa shape index (κ3) is 6.57. The Labute approximate surface area is 243 Å². The van der Waals surface area contributed by atoms with Crippen LogP contribution >= 0.6 is 0 Å². The number of carbonyl (C=O) groups excluding carboxylic acids is 1. The Morgan fingerprint density at radius 3 is 2.34 bits per heavy atom. The van der Waals surface area contributed by atoms with E-state index in [9.17, 15) is 24.5 Å². The Kier molecular flexibility index (Phi) is 9.98. The molecule has 0 radical (unpaired) electrons. The molecule has 0 aliphatic heterocycles. The van der Waals surface area contributed by atoms with Crippen molar-refractivity contribution in [1.82, 2.24) is 14.8 Å². The Balaban J connectivity index is 0.00000400. The van der Waals surface area contributed by atoms with E-state index in [0.29, 0.717) is 5.65 Å². The summed E-state index contributed by atoms with van der Waals surface area (Å²) in [7, 11) is 1.83. The predicted octanol–water partition coefficient (Wildman–Crippen LogP) is 0.834. The molecule has 0 saturated carbocycles. The molecule has 2 atom stereocenters. The van der Waals surface area contributed by atoms with E-state index in [1.165, 1.54) is 18.2 Å². The average Bonchev–Trinajstić information content (AvgIpc) is 3.18. The number of pyridine rings is 1.